The number of benzene rings is 2. The van der Waals surface area contributed by atoms with Crippen LogP contribution in [0.25, 0.3) is 17.0 Å². The zero-order valence-corrected chi connectivity index (χ0v) is 17.6. The molecule has 0 saturated heterocycles. The van der Waals surface area contributed by atoms with Crippen LogP contribution in [0.1, 0.15) is 18.8 Å². The van der Waals surface area contributed by atoms with Gasteiger partial charge in [0.2, 0.25) is 6.17 Å². The molecule has 0 bridgehead atoms. The zero-order valence-electron chi connectivity index (χ0n) is 16.0. The standard InChI is InChI=1S/C22H17ClN4O2S/c1-2-30-22-25-21(28)19-15-5-3-4-6-16(15)24-20(27(19)26-22)18-12-11-17(29-18)13-7-9-14(23)10-8-13/h3-12,20H,2H2,1H3,(H,25,26,28)/t20-/m1/s1. The average molecular weight is 437 g/mol. The Morgan fingerprint density at radius 2 is 1.93 bits per heavy atom. The molecule has 0 saturated carbocycles. The number of fused-ring (bicyclic) bond motifs is 2. The zero-order chi connectivity index (χ0) is 20.7. The van der Waals surface area contributed by atoms with Crippen LogP contribution < -0.4 is 15.9 Å². The van der Waals surface area contributed by atoms with Crippen molar-refractivity contribution in [3.8, 4) is 11.3 Å². The molecule has 0 fully saturated rings. The van der Waals surface area contributed by atoms with Gasteiger partial charge < -0.3 is 4.42 Å². The van der Waals surface area contributed by atoms with E-state index < -0.39 is 6.17 Å². The van der Waals surface area contributed by atoms with E-state index in [0.29, 0.717) is 27.4 Å². The topological polar surface area (TPSA) is 70.2 Å². The van der Waals surface area contributed by atoms with Gasteiger partial charge in [-0.2, -0.15) is 0 Å². The highest BCUT2D eigenvalue weighted by Gasteiger charge is 2.35. The van der Waals surface area contributed by atoms with Crippen molar-refractivity contribution in [2.45, 2.75) is 13.1 Å². The number of carbonyl (C=O) groups is 1. The average Bonchev–Trinajstić information content (AvgIpc) is 3.23. The fraction of sp³-hybridized carbons (Fsp3) is 0.136. The molecule has 2 aliphatic rings. The van der Waals surface area contributed by atoms with Gasteiger partial charge in [0.1, 0.15) is 11.5 Å². The third-order valence-corrected chi connectivity index (χ3v) is 5.80. The first kappa shape index (κ1) is 19.0. The Kier molecular flexibility index (Phi) is 4.84. The lowest BCUT2D eigenvalue weighted by Gasteiger charge is -2.32. The van der Waals surface area contributed by atoms with Crippen LogP contribution in [0.4, 0.5) is 0 Å². The molecule has 3 aromatic rings. The molecule has 2 aliphatic heterocycles. The minimum Gasteiger partial charge on any atom is -0.457 e. The summed E-state index contributed by atoms with van der Waals surface area (Å²) in [5.74, 6) is 1.90. The number of hydrogen-bond acceptors (Lipinski definition) is 6. The molecule has 1 aromatic heterocycles. The SMILES string of the molecule is CCSC1=NN2C(=c3ccccc3=N[C@H]2c2ccc(-c3ccc(Cl)cc3)o2)C(=O)N1. The Labute approximate surface area is 181 Å². The van der Waals surface area contributed by atoms with Gasteiger partial charge in [-0.1, -0.05) is 48.5 Å². The number of amides is 1. The highest BCUT2D eigenvalue weighted by Crippen LogP contribution is 2.34. The fourth-order valence-electron chi connectivity index (χ4n) is 3.48. The summed E-state index contributed by atoms with van der Waals surface area (Å²) in [6.45, 7) is 2.01. The van der Waals surface area contributed by atoms with Crippen LogP contribution in [0, 0.1) is 0 Å². The number of nitrogens with zero attached hydrogens (tertiary/aromatic N) is 3. The number of amidine groups is 1. The van der Waals surface area contributed by atoms with Crippen LogP contribution in [0.15, 0.2) is 75.2 Å². The summed E-state index contributed by atoms with van der Waals surface area (Å²) < 4.78 is 6.14. The Balaban J connectivity index is 1.63. The van der Waals surface area contributed by atoms with Crippen molar-refractivity contribution in [2.75, 3.05) is 5.75 Å². The van der Waals surface area contributed by atoms with E-state index in [1.165, 1.54) is 11.8 Å². The number of para-hydroxylation sites is 1. The van der Waals surface area contributed by atoms with E-state index in [1.54, 1.807) is 5.01 Å². The number of hydrogen-bond donors (Lipinski definition) is 1. The number of rotatable bonds is 3. The smallest absolute Gasteiger partial charge is 0.276 e. The van der Waals surface area contributed by atoms with Crippen LogP contribution in [0.3, 0.4) is 0 Å². The second kappa shape index (κ2) is 7.66. The lowest BCUT2D eigenvalue weighted by Crippen LogP contribution is -2.50. The van der Waals surface area contributed by atoms with E-state index in [4.69, 9.17) is 21.0 Å². The van der Waals surface area contributed by atoms with Crippen LogP contribution in [0.2, 0.25) is 5.02 Å². The second-order valence-corrected chi connectivity index (χ2v) is 8.40. The third-order valence-electron chi connectivity index (χ3n) is 4.81. The van der Waals surface area contributed by atoms with Crippen molar-refractivity contribution in [2.24, 2.45) is 10.1 Å². The summed E-state index contributed by atoms with van der Waals surface area (Å²) in [7, 11) is 0. The summed E-state index contributed by atoms with van der Waals surface area (Å²) >= 11 is 7.47. The largest absolute Gasteiger partial charge is 0.457 e. The maximum atomic E-state index is 12.9. The van der Waals surface area contributed by atoms with E-state index in [0.717, 1.165) is 21.9 Å². The number of halogens is 1. The molecule has 30 heavy (non-hydrogen) atoms. The van der Waals surface area contributed by atoms with Crippen molar-refractivity contribution < 1.29 is 9.21 Å². The summed E-state index contributed by atoms with van der Waals surface area (Å²) in [4.78, 5) is 17.8. The molecular formula is C22H17ClN4O2S. The molecular weight excluding hydrogens is 420 g/mol. The number of thioether (sulfide) groups is 1. The number of carbonyl (C=O) groups excluding carboxylic acids is 1. The number of furan rings is 1. The van der Waals surface area contributed by atoms with E-state index in [9.17, 15) is 4.79 Å². The van der Waals surface area contributed by atoms with Crippen molar-refractivity contribution in [1.29, 1.82) is 0 Å². The number of hydrazone groups is 1. The quantitative estimate of drug-likeness (QED) is 0.682. The van der Waals surface area contributed by atoms with E-state index in [-0.39, 0.29) is 5.91 Å². The van der Waals surface area contributed by atoms with Crippen LogP contribution in [0.5, 0.6) is 0 Å². The van der Waals surface area contributed by atoms with Crippen molar-refractivity contribution in [3.05, 3.63) is 82.0 Å². The minimum atomic E-state index is -0.575. The van der Waals surface area contributed by atoms with Crippen LogP contribution in [-0.2, 0) is 4.79 Å². The van der Waals surface area contributed by atoms with Crippen molar-refractivity contribution in [3.63, 3.8) is 0 Å². The molecule has 0 radical (unpaired) electrons. The molecule has 5 rings (SSSR count). The Hall–Kier alpha value is -3.03. The first-order valence-electron chi connectivity index (χ1n) is 9.49. The highest BCUT2D eigenvalue weighted by atomic mass is 35.5. The van der Waals surface area contributed by atoms with Crippen LogP contribution >= 0.6 is 23.4 Å². The summed E-state index contributed by atoms with van der Waals surface area (Å²) in [5, 5.41) is 11.9. The Bertz CT molecular complexity index is 1280. The van der Waals surface area contributed by atoms with Crippen molar-refractivity contribution in [1.82, 2.24) is 10.3 Å². The van der Waals surface area contributed by atoms with Gasteiger partial charge in [-0.15, -0.1) is 5.10 Å². The molecule has 150 valence electrons. The molecule has 3 heterocycles. The Morgan fingerprint density at radius 3 is 2.73 bits per heavy atom. The monoisotopic (exact) mass is 436 g/mol. The fourth-order valence-corrected chi connectivity index (χ4v) is 4.19. The predicted molar refractivity (Wildman–Crippen MR) is 118 cm³/mol. The van der Waals surface area contributed by atoms with Gasteiger partial charge in [0.25, 0.3) is 5.91 Å². The second-order valence-electron chi connectivity index (χ2n) is 6.71. The van der Waals surface area contributed by atoms with Gasteiger partial charge in [-0.3, -0.25) is 10.1 Å². The molecule has 0 aliphatic carbocycles. The van der Waals surface area contributed by atoms with E-state index in [2.05, 4.69) is 10.4 Å². The Morgan fingerprint density at radius 1 is 1.13 bits per heavy atom. The molecule has 2 aromatic carbocycles. The van der Waals surface area contributed by atoms with E-state index >= 15 is 0 Å². The normalized spacial score (nSPS) is 17.6. The highest BCUT2D eigenvalue weighted by molar-refractivity contribution is 8.13. The molecule has 1 N–H and O–H groups in total. The lowest BCUT2D eigenvalue weighted by molar-refractivity contribution is -0.116. The van der Waals surface area contributed by atoms with Gasteiger partial charge >= 0.3 is 0 Å². The van der Waals surface area contributed by atoms with Gasteiger partial charge in [0.05, 0.1) is 5.36 Å². The van der Waals surface area contributed by atoms with E-state index in [1.807, 2.05) is 67.6 Å². The van der Waals surface area contributed by atoms with Gasteiger partial charge in [-0.05, 0) is 48.2 Å². The third kappa shape index (κ3) is 3.30. The molecule has 1 amide bonds. The summed E-state index contributed by atoms with van der Waals surface area (Å²) in [5.41, 5.74) is 1.38. The summed E-state index contributed by atoms with van der Waals surface area (Å²) in [6, 6.07) is 18.8. The number of nitrogens with one attached hydrogen (secondary N) is 1. The van der Waals surface area contributed by atoms with Crippen LogP contribution in [-0.4, -0.2) is 21.8 Å². The lowest BCUT2D eigenvalue weighted by atomic mass is 10.1. The first-order valence-corrected chi connectivity index (χ1v) is 10.9. The maximum Gasteiger partial charge on any atom is 0.276 e. The van der Waals surface area contributed by atoms with Gasteiger partial charge in [0, 0.05) is 15.8 Å². The van der Waals surface area contributed by atoms with Crippen molar-refractivity contribution >= 4 is 40.1 Å². The molecule has 6 nitrogen and oxygen atoms in total. The molecule has 0 spiro atoms. The molecule has 8 heteroatoms. The maximum absolute atomic E-state index is 12.9. The van der Waals surface area contributed by atoms with Gasteiger partial charge in [-0.25, -0.2) is 10.0 Å². The molecule has 1 atom stereocenters. The first-order chi connectivity index (χ1) is 14.6. The summed E-state index contributed by atoms with van der Waals surface area (Å²) in [6.07, 6.45) is -0.575. The molecule has 0 unspecified atom stereocenters. The minimum absolute atomic E-state index is 0.196. The predicted octanol–water partition coefficient (Wildman–Crippen LogP) is 3.50. The van der Waals surface area contributed by atoms with Gasteiger partial charge in [0.15, 0.2) is 10.9 Å².